The van der Waals surface area contributed by atoms with Crippen LogP contribution in [0.4, 0.5) is 0 Å². The molecule has 2 rings (SSSR count). The number of rotatable bonds is 6. The third-order valence-corrected chi connectivity index (χ3v) is 6.94. The summed E-state index contributed by atoms with van der Waals surface area (Å²) in [7, 11) is -3.55. The Morgan fingerprint density at radius 1 is 1.52 bits per heavy atom. The van der Waals surface area contributed by atoms with Gasteiger partial charge in [-0.2, -0.15) is 4.31 Å². The molecule has 0 radical (unpaired) electrons. The molecule has 1 atom stereocenters. The summed E-state index contributed by atoms with van der Waals surface area (Å²) in [6.45, 7) is 5.17. The first-order chi connectivity index (χ1) is 10.0. The molecule has 0 aliphatic carbocycles. The van der Waals surface area contributed by atoms with Gasteiger partial charge in [-0.05, 0) is 37.1 Å². The molecule has 1 aromatic rings. The summed E-state index contributed by atoms with van der Waals surface area (Å²) < 4.78 is 32.9. The summed E-state index contributed by atoms with van der Waals surface area (Å²) in [5, 5.41) is 11.1. The van der Waals surface area contributed by atoms with Crippen molar-refractivity contribution in [1.82, 2.24) is 4.31 Å². The lowest BCUT2D eigenvalue weighted by atomic mass is 10.1. The van der Waals surface area contributed by atoms with Crippen molar-refractivity contribution in [3.8, 4) is 0 Å². The van der Waals surface area contributed by atoms with Gasteiger partial charge in [-0.25, -0.2) is 8.42 Å². The predicted molar refractivity (Wildman–Crippen MR) is 83.0 cm³/mol. The normalized spacial score (nSPS) is 20.8. The first-order valence-electron chi connectivity index (χ1n) is 7.30. The maximum absolute atomic E-state index is 12.8. The Kier molecular flexibility index (Phi) is 5.79. The van der Waals surface area contributed by atoms with Crippen LogP contribution < -0.4 is 0 Å². The first kappa shape index (κ1) is 16.9. The summed E-state index contributed by atoms with van der Waals surface area (Å²) in [5.74, 6) is 0. The van der Waals surface area contributed by atoms with Crippen molar-refractivity contribution in [2.24, 2.45) is 0 Å². The van der Waals surface area contributed by atoms with Crippen LogP contribution in [0.5, 0.6) is 0 Å². The maximum Gasteiger partial charge on any atom is 0.244 e. The van der Waals surface area contributed by atoms with Crippen molar-refractivity contribution in [3.05, 3.63) is 15.8 Å². The Morgan fingerprint density at radius 3 is 2.95 bits per heavy atom. The molecule has 1 aliphatic heterocycles. The standard InChI is InChI=1S/C14H23NO4S2/c1-3-7-19-12-5-4-6-15(8-12)21(17,18)14-11(2)10-20-13(14)9-16/h10,12,16H,3-9H2,1-2H3. The largest absolute Gasteiger partial charge is 0.391 e. The molecular formula is C14H23NO4S2. The highest BCUT2D eigenvalue weighted by Gasteiger charge is 2.33. The van der Waals surface area contributed by atoms with E-state index in [1.54, 1.807) is 12.3 Å². The molecule has 120 valence electrons. The highest BCUT2D eigenvalue weighted by atomic mass is 32.2. The van der Waals surface area contributed by atoms with Crippen LogP contribution in [0.2, 0.25) is 0 Å². The molecule has 7 heteroatoms. The van der Waals surface area contributed by atoms with E-state index in [9.17, 15) is 13.5 Å². The van der Waals surface area contributed by atoms with Gasteiger partial charge >= 0.3 is 0 Å². The summed E-state index contributed by atoms with van der Waals surface area (Å²) in [6, 6.07) is 0. The van der Waals surface area contributed by atoms with Crippen LogP contribution in [-0.4, -0.2) is 43.6 Å². The molecule has 0 saturated carbocycles. The summed E-state index contributed by atoms with van der Waals surface area (Å²) >= 11 is 1.29. The summed E-state index contributed by atoms with van der Waals surface area (Å²) in [6.07, 6.45) is 2.62. The van der Waals surface area contributed by atoms with E-state index in [0.29, 0.717) is 30.1 Å². The lowest BCUT2D eigenvalue weighted by molar-refractivity contribution is 0.0193. The lowest BCUT2D eigenvalue weighted by Gasteiger charge is -2.32. The quantitative estimate of drug-likeness (QED) is 0.866. The maximum atomic E-state index is 12.8. The van der Waals surface area contributed by atoms with Gasteiger partial charge < -0.3 is 9.84 Å². The van der Waals surface area contributed by atoms with Gasteiger partial charge in [0, 0.05) is 19.7 Å². The van der Waals surface area contributed by atoms with Crippen molar-refractivity contribution >= 4 is 21.4 Å². The fraction of sp³-hybridized carbons (Fsp3) is 0.714. The van der Waals surface area contributed by atoms with Crippen LogP contribution in [0.15, 0.2) is 10.3 Å². The minimum Gasteiger partial charge on any atom is -0.391 e. The number of hydrogen-bond donors (Lipinski definition) is 1. The molecule has 5 nitrogen and oxygen atoms in total. The highest BCUT2D eigenvalue weighted by molar-refractivity contribution is 7.89. The van der Waals surface area contributed by atoms with E-state index in [0.717, 1.165) is 19.3 Å². The zero-order valence-electron chi connectivity index (χ0n) is 12.5. The fourth-order valence-corrected chi connectivity index (χ4v) is 5.74. The monoisotopic (exact) mass is 333 g/mol. The Balaban J connectivity index is 2.20. The zero-order chi connectivity index (χ0) is 15.5. The van der Waals surface area contributed by atoms with Crippen molar-refractivity contribution in [3.63, 3.8) is 0 Å². The number of sulfonamides is 1. The smallest absolute Gasteiger partial charge is 0.244 e. The van der Waals surface area contributed by atoms with Crippen LogP contribution in [0.25, 0.3) is 0 Å². The molecule has 0 amide bonds. The van der Waals surface area contributed by atoms with E-state index in [4.69, 9.17) is 4.74 Å². The topological polar surface area (TPSA) is 66.8 Å². The third kappa shape index (κ3) is 3.65. The Hall–Kier alpha value is -0.470. The van der Waals surface area contributed by atoms with Gasteiger partial charge in [0.15, 0.2) is 0 Å². The molecule has 2 heterocycles. The highest BCUT2D eigenvalue weighted by Crippen LogP contribution is 2.31. The molecular weight excluding hydrogens is 310 g/mol. The van der Waals surface area contributed by atoms with Crippen molar-refractivity contribution < 1.29 is 18.3 Å². The van der Waals surface area contributed by atoms with Gasteiger partial charge in [0.2, 0.25) is 10.0 Å². The molecule has 21 heavy (non-hydrogen) atoms. The Morgan fingerprint density at radius 2 is 2.29 bits per heavy atom. The molecule has 1 aromatic heterocycles. The SMILES string of the molecule is CCCOC1CCCN(S(=O)(=O)c2c(C)csc2CO)C1. The minimum absolute atomic E-state index is 0.0232. The van der Waals surface area contributed by atoms with E-state index >= 15 is 0 Å². The number of piperidine rings is 1. The van der Waals surface area contributed by atoms with Crippen LogP contribution in [0, 0.1) is 6.92 Å². The summed E-state index contributed by atoms with van der Waals surface area (Å²) in [5.41, 5.74) is 0.709. The molecule has 1 unspecified atom stereocenters. The van der Waals surface area contributed by atoms with Gasteiger partial charge in [0.25, 0.3) is 0 Å². The Bertz CT molecular complexity index is 568. The van der Waals surface area contributed by atoms with Crippen molar-refractivity contribution in [2.45, 2.75) is 50.7 Å². The van der Waals surface area contributed by atoms with Crippen LogP contribution in [-0.2, 0) is 21.4 Å². The molecule has 0 aromatic carbocycles. The fourth-order valence-electron chi connectivity index (χ4n) is 2.62. The van der Waals surface area contributed by atoms with E-state index in [2.05, 4.69) is 0 Å². The van der Waals surface area contributed by atoms with Gasteiger partial charge in [-0.3, -0.25) is 0 Å². The number of aliphatic hydroxyl groups excluding tert-OH is 1. The number of nitrogens with zero attached hydrogens (tertiary/aromatic N) is 1. The Labute approximate surface area is 130 Å². The number of ether oxygens (including phenoxy) is 1. The van der Waals surface area contributed by atoms with Crippen LogP contribution in [0.1, 0.15) is 36.6 Å². The number of aliphatic hydroxyl groups is 1. The minimum atomic E-state index is -3.55. The van der Waals surface area contributed by atoms with Crippen LogP contribution >= 0.6 is 11.3 Å². The van der Waals surface area contributed by atoms with Crippen LogP contribution in [0.3, 0.4) is 0 Å². The van der Waals surface area contributed by atoms with Gasteiger partial charge in [-0.1, -0.05) is 6.92 Å². The second-order valence-electron chi connectivity index (χ2n) is 5.33. The number of hydrogen-bond acceptors (Lipinski definition) is 5. The third-order valence-electron chi connectivity index (χ3n) is 3.63. The van der Waals surface area contributed by atoms with E-state index in [1.807, 2.05) is 6.92 Å². The average Bonchev–Trinajstić information content (AvgIpc) is 2.87. The second-order valence-corrected chi connectivity index (χ2v) is 8.17. The van der Waals surface area contributed by atoms with Gasteiger partial charge in [0.05, 0.1) is 17.6 Å². The molecule has 1 N–H and O–H groups in total. The molecule has 1 aliphatic rings. The van der Waals surface area contributed by atoms with Crippen molar-refractivity contribution in [1.29, 1.82) is 0 Å². The van der Waals surface area contributed by atoms with E-state index in [-0.39, 0.29) is 17.6 Å². The van der Waals surface area contributed by atoms with Crippen molar-refractivity contribution in [2.75, 3.05) is 19.7 Å². The first-order valence-corrected chi connectivity index (χ1v) is 9.62. The predicted octanol–water partition coefficient (Wildman–Crippen LogP) is 2.13. The zero-order valence-corrected chi connectivity index (χ0v) is 14.2. The average molecular weight is 333 g/mol. The molecule has 1 fully saturated rings. The molecule has 0 bridgehead atoms. The second kappa shape index (κ2) is 7.19. The summed E-state index contributed by atoms with van der Waals surface area (Å²) in [4.78, 5) is 0.801. The molecule has 0 spiro atoms. The lowest BCUT2D eigenvalue weighted by Crippen LogP contribution is -2.43. The number of thiophene rings is 1. The number of aryl methyl sites for hydroxylation is 1. The van der Waals surface area contributed by atoms with Gasteiger partial charge in [-0.15, -0.1) is 11.3 Å². The van der Waals surface area contributed by atoms with E-state index in [1.165, 1.54) is 15.6 Å². The van der Waals surface area contributed by atoms with Gasteiger partial charge in [0.1, 0.15) is 4.90 Å². The molecule has 1 saturated heterocycles. The van der Waals surface area contributed by atoms with E-state index < -0.39 is 10.0 Å².